The number of carbonyl (C=O) groups excluding carboxylic acids is 3. The van der Waals surface area contributed by atoms with Crippen LogP contribution in [0, 0.1) is 6.92 Å². The molecule has 3 N–H and O–H groups in total. The Morgan fingerprint density at radius 2 is 1.79 bits per heavy atom. The van der Waals surface area contributed by atoms with Crippen LogP contribution in [0.5, 0.6) is 5.75 Å². The minimum atomic E-state index is -1.59. The molecule has 10 heteroatoms. The topological polar surface area (TPSA) is 119 Å². The van der Waals surface area contributed by atoms with Gasteiger partial charge in [0, 0.05) is 29.0 Å². The van der Waals surface area contributed by atoms with E-state index in [4.69, 9.17) is 4.74 Å². The van der Waals surface area contributed by atoms with E-state index < -0.39 is 34.7 Å². The largest absolute Gasteiger partial charge is 0.508 e. The van der Waals surface area contributed by atoms with Crippen molar-refractivity contribution in [1.82, 2.24) is 15.1 Å². The number of aromatic hydroxyl groups is 1. The van der Waals surface area contributed by atoms with E-state index in [2.05, 4.69) is 5.32 Å². The first-order valence-corrected chi connectivity index (χ1v) is 13.7. The first kappa shape index (κ1) is 27.9. The molecule has 0 bridgehead atoms. The molecule has 3 atom stereocenters. The number of ether oxygens (including phenoxy) is 1. The number of morpholine rings is 1. The van der Waals surface area contributed by atoms with Gasteiger partial charge in [-0.1, -0.05) is 36.4 Å². The van der Waals surface area contributed by atoms with Gasteiger partial charge < -0.3 is 30.1 Å². The van der Waals surface area contributed by atoms with E-state index in [-0.39, 0.29) is 29.5 Å². The Morgan fingerprint density at radius 3 is 2.47 bits per heavy atom. The summed E-state index contributed by atoms with van der Waals surface area (Å²) in [7, 11) is 0. The first-order valence-electron chi connectivity index (χ1n) is 12.7. The van der Waals surface area contributed by atoms with Gasteiger partial charge in [-0.05, 0) is 44.9 Å². The Kier molecular flexibility index (Phi) is 8.64. The highest BCUT2D eigenvalue weighted by atomic mass is 32.2. The number of hydrogen-bond donors (Lipinski definition) is 3. The number of phenolic OH excluding ortho intramolecular Hbond substituents is 1. The molecule has 0 radical (unpaired) electrons. The third-order valence-electron chi connectivity index (χ3n) is 7.18. The number of amides is 3. The van der Waals surface area contributed by atoms with Gasteiger partial charge >= 0.3 is 0 Å². The average Bonchev–Trinajstić information content (AvgIpc) is 3.24. The first-order chi connectivity index (χ1) is 18.1. The van der Waals surface area contributed by atoms with Crippen LogP contribution in [0.25, 0.3) is 0 Å². The number of rotatable bonds is 7. The van der Waals surface area contributed by atoms with E-state index >= 15 is 0 Å². The minimum Gasteiger partial charge on any atom is -0.508 e. The lowest BCUT2D eigenvalue weighted by Crippen LogP contribution is -2.60. The molecule has 4 rings (SSSR count). The number of carbonyl (C=O) groups is 3. The lowest BCUT2D eigenvalue weighted by Gasteiger charge is -2.37. The van der Waals surface area contributed by atoms with Gasteiger partial charge in [0.05, 0.1) is 25.1 Å². The van der Waals surface area contributed by atoms with Crippen molar-refractivity contribution in [3.63, 3.8) is 0 Å². The fourth-order valence-electron chi connectivity index (χ4n) is 4.91. The fraction of sp³-hybridized carbons (Fsp3) is 0.464. The molecule has 38 heavy (non-hydrogen) atoms. The number of benzene rings is 2. The maximum absolute atomic E-state index is 13.8. The molecule has 2 aromatic carbocycles. The lowest BCUT2D eigenvalue weighted by molar-refractivity contribution is -0.152. The zero-order valence-electron chi connectivity index (χ0n) is 21.9. The molecule has 2 fully saturated rings. The summed E-state index contributed by atoms with van der Waals surface area (Å²) < 4.78 is 4.82. The van der Waals surface area contributed by atoms with Crippen LogP contribution < -0.4 is 5.32 Å². The molecular weight excluding hydrogens is 506 g/mol. The molecular formula is C28H35N3O6S. The van der Waals surface area contributed by atoms with Crippen LogP contribution >= 0.6 is 11.8 Å². The normalized spacial score (nSPS) is 20.6. The molecule has 9 nitrogen and oxygen atoms in total. The summed E-state index contributed by atoms with van der Waals surface area (Å²) in [4.78, 5) is 43.7. The Morgan fingerprint density at radius 1 is 1.11 bits per heavy atom. The fourth-order valence-corrected chi connectivity index (χ4v) is 6.04. The van der Waals surface area contributed by atoms with E-state index in [1.54, 1.807) is 24.0 Å². The smallest absolute Gasteiger partial charge is 0.254 e. The summed E-state index contributed by atoms with van der Waals surface area (Å²) >= 11 is 1.48. The Bertz CT molecular complexity index is 1170. The van der Waals surface area contributed by atoms with Crippen molar-refractivity contribution in [3.8, 4) is 5.75 Å². The van der Waals surface area contributed by atoms with Crippen LogP contribution in [0.2, 0.25) is 0 Å². The van der Waals surface area contributed by atoms with E-state index in [0.29, 0.717) is 31.9 Å². The minimum absolute atomic E-state index is 0.0188. The van der Waals surface area contributed by atoms with E-state index in [1.807, 2.05) is 44.2 Å². The number of aliphatic hydroxyl groups is 1. The summed E-state index contributed by atoms with van der Waals surface area (Å²) in [6.45, 7) is 7.28. The molecule has 2 aromatic rings. The highest BCUT2D eigenvalue weighted by Crippen LogP contribution is 2.40. The van der Waals surface area contributed by atoms with E-state index in [1.165, 1.54) is 22.7 Å². The summed E-state index contributed by atoms with van der Waals surface area (Å²) in [5.74, 6) is -1.05. The van der Waals surface area contributed by atoms with Crippen LogP contribution in [0.4, 0.5) is 0 Å². The number of nitrogens with one attached hydrogen (secondary N) is 1. The molecule has 0 aromatic heterocycles. The zero-order chi connectivity index (χ0) is 27.4. The molecule has 204 valence electrons. The second-order valence-corrected chi connectivity index (χ2v) is 11.8. The van der Waals surface area contributed by atoms with Crippen molar-refractivity contribution in [1.29, 1.82) is 0 Å². The standard InChI is InChI=1S/C28H35N3O6S/c1-18-20(10-7-11-22(18)32)25(34)29-21(16-19-8-5-4-6-9-19)23(33)26(35)31-17-38-28(2,3)24(31)27(36)30-12-14-37-15-13-30/h4-11,21,23-24,32-33H,12-17H2,1-3H3,(H,29,34)/t21-,23-,24?/m0/s1. The van der Waals surface area contributed by atoms with Crippen LogP contribution in [-0.2, 0) is 20.7 Å². The van der Waals surface area contributed by atoms with Gasteiger partial charge in [0.2, 0.25) is 5.91 Å². The maximum Gasteiger partial charge on any atom is 0.254 e. The number of aliphatic hydroxyl groups excluding tert-OH is 1. The molecule has 2 aliphatic heterocycles. The average molecular weight is 542 g/mol. The summed E-state index contributed by atoms with van der Waals surface area (Å²) in [5, 5.41) is 24.3. The SMILES string of the molecule is Cc1c(O)cccc1C(=O)N[C@@H](Cc1ccccc1)[C@H](O)C(=O)N1CSC(C)(C)C1C(=O)N1CCOCC1. The Balaban J connectivity index is 1.59. The number of hydrogen-bond acceptors (Lipinski definition) is 7. The van der Waals surface area contributed by atoms with Crippen molar-refractivity contribution in [3.05, 3.63) is 65.2 Å². The molecule has 3 amide bonds. The maximum atomic E-state index is 13.8. The number of phenols is 1. The van der Waals surface area contributed by atoms with Crippen molar-refractivity contribution in [2.75, 3.05) is 32.2 Å². The molecule has 2 aliphatic rings. The van der Waals surface area contributed by atoms with Crippen molar-refractivity contribution in [2.45, 2.75) is 50.1 Å². The highest BCUT2D eigenvalue weighted by molar-refractivity contribution is 8.00. The quantitative estimate of drug-likeness (QED) is 0.490. The molecule has 1 unspecified atom stereocenters. The van der Waals surface area contributed by atoms with Crippen LogP contribution in [0.1, 0.15) is 35.3 Å². The van der Waals surface area contributed by atoms with Gasteiger partial charge in [-0.15, -0.1) is 11.8 Å². The predicted octanol–water partition coefficient (Wildman–Crippen LogP) is 1.94. The second-order valence-electron chi connectivity index (χ2n) is 10.2. The molecule has 0 spiro atoms. The second kappa shape index (κ2) is 11.8. The van der Waals surface area contributed by atoms with Crippen molar-refractivity contribution in [2.24, 2.45) is 0 Å². The zero-order valence-corrected chi connectivity index (χ0v) is 22.7. The highest BCUT2D eigenvalue weighted by Gasteiger charge is 2.51. The monoisotopic (exact) mass is 541 g/mol. The predicted molar refractivity (Wildman–Crippen MR) is 145 cm³/mol. The summed E-state index contributed by atoms with van der Waals surface area (Å²) in [6, 6.07) is 12.2. The Labute approximate surface area is 227 Å². The molecule has 2 heterocycles. The molecule has 0 aliphatic carbocycles. The molecule has 0 saturated carbocycles. The Hall–Kier alpha value is -3.08. The van der Waals surface area contributed by atoms with Crippen LogP contribution in [-0.4, -0.2) is 92.8 Å². The van der Waals surface area contributed by atoms with Gasteiger partial charge in [0.1, 0.15) is 11.8 Å². The number of thioether (sulfide) groups is 1. The summed E-state index contributed by atoms with van der Waals surface area (Å²) in [6.07, 6.45) is -1.39. The van der Waals surface area contributed by atoms with Gasteiger partial charge in [-0.2, -0.15) is 0 Å². The summed E-state index contributed by atoms with van der Waals surface area (Å²) in [5.41, 5.74) is 1.48. The lowest BCUT2D eigenvalue weighted by atomic mass is 9.96. The third-order valence-corrected chi connectivity index (χ3v) is 8.56. The third kappa shape index (κ3) is 5.98. The van der Waals surface area contributed by atoms with Crippen molar-refractivity contribution >= 4 is 29.5 Å². The number of nitrogens with zero attached hydrogens (tertiary/aromatic N) is 2. The van der Waals surface area contributed by atoms with Crippen LogP contribution in [0.3, 0.4) is 0 Å². The van der Waals surface area contributed by atoms with Crippen LogP contribution in [0.15, 0.2) is 48.5 Å². The van der Waals surface area contributed by atoms with E-state index in [9.17, 15) is 24.6 Å². The van der Waals surface area contributed by atoms with Gasteiger partial charge in [0.15, 0.2) is 6.10 Å². The van der Waals surface area contributed by atoms with Crippen molar-refractivity contribution < 1.29 is 29.3 Å². The van der Waals surface area contributed by atoms with E-state index in [0.717, 1.165) is 5.56 Å². The van der Waals surface area contributed by atoms with Gasteiger partial charge in [-0.25, -0.2) is 0 Å². The van der Waals surface area contributed by atoms with Gasteiger partial charge in [0.25, 0.3) is 11.8 Å². The van der Waals surface area contributed by atoms with Gasteiger partial charge in [-0.3, -0.25) is 14.4 Å². The molecule has 2 saturated heterocycles.